The van der Waals surface area contributed by atoms with E-state index in [1.165, 1.54) is 7.11 Å². The third kappa shape index (κ3) is 3.63. The van der Waals surface area contributed by atoms with Crippen LogP contribution in [0.2, 0.25) is 0 Å². The second kappa shape index (κ2) is 7.54. The highest BCUT2D eigenvalue weighted by molar-refractivity contribution is 5.91. The molecule has 2 saturated heterocycles. The van der Waals surface area contributed by atoms with Crippen molar-refractivity contribution in [3.8, 4) is 5.95 Å². The van der Waals surface area contributed by atoms with E-state index in [2.05, 4.69) is 4.90 Å². The summed E-state index contributed by atoms with van der Waals surface area (Å²) < 4.78 is 37.9. The van der Waals surface area contributed by atoms with Crippen molar-refractivity contribution in [2.45, 2.75) is 25.8 Å². The van der Waals surface area contributed by atoms with Crippen LogP contribution in [0.15, 0.2) is 34.7 Å². The van der Waals surface area contributed by atoms with Crippen molar-refractivity contribution in [2.24, 2.45) is 5.41 Å². The number of rotatable bonds is 4. The molecule has 28 heavy (non-hydrogen) atoms. The average Bonchev–Trinajstić information content (AvgIpc) is 3.33. The number of carbonyl (C=O) groups excluding carboxylic acids is 1. The van der Waals surface area contributed by atoms with Crippen molar-refractivity contribution >= 4 is 5.91 Å². The lowest BCUT2D eigenvalue weighted by Gasteiger charge is -2.40. The molecule has 0 N–H and O–H groups in total. The summed E-state index contributed by atoms with van der Waals surface area (Å²) in [7, 11) is 1.50. The highest BCUT2D eigenvalue weighted by Crippen LogP contribution is 2.40. The molecule has 1 aromatic heterocycles. The Labute approximate surface area is 162 Å². The molecule has 1 atom stereocenters. The summed E-state index contributed by atoms with van der Waals surface area (Å²) in [6.07, 6.45) is 2.91. The van der Waals surface area contributed by atoms with Gasteiger partial charge in [-0.1, -0.05) is 12.1 Å². The third-order valence-electron chi connectivity index (χ3n) is 5.88. The van der Waals surface area contributed by atoms with E-state index in [4.69, 9.17) is 9.15 Å². The zero-order valence-electron chi connectivity index (χ0n) is 15.9. The normalized spacial score (nSPS) is 22.8. The minimum absolute atomic E-state index is 0.00557. The molecule has 2 aliphatic heterocycles. The fourth-order valence-corrected chi connectivity index (χ4v) is 4.50. The van der Waals surface area contributed by atoms with Gasteiger partial charge in [-0.15, -0.1) is 0 Å². The Balaban J connectivity index is 1.42. The maximum atomic E-state index is 14.0. The van der Waals surface area contributed by atoms with Crippen LogP contribution < -0.4 is 4.74 Å². The van der Waals surface area contributed by atoms with E-state index < -0.39 is 11.6 Å². The number of benzene rings is 1. The molecule has 2 aliphatic rings. The van der Waals surface area contributed by atoms with Gasteiger partial charge in [0, 0.05) is 43.2 Å². The molecule has 1 aromatic carbocycles. The van der Waals surface area contributed by atoms with Gasteiger partial charge in [-0.25, -0.2) is 8.78 Å². The molecular formula is C21H24F2N2O3. The molecule has 2 aromatic rings. The molecule has 1 spiro atoms. The topological polar surface area (TPSA) is 45.9 Å². The van der Waals surface area contributed by atoms with Gasteiger partial charge in [-0.3, -0.25) is 9.69 Å². The van der Waals surface area contributed by atoms with Crippen molar-refractivity contribution in [2.75, 3.05) is 33.3 Å². The zero-order chi connectivity index (χ0) is 19.7. The molecule has 2 fully saturated rings. The number of methoxy groups -OCH3 is 1. The first kappa shape index (κ1) is 18.9. The van der Waals surface area contributed by atoms with E-state index in [9.17, 15) is 13.6 Å². The van der Waals surface area contributed by atoms with Crippen LogP contribution in [-0.2, 0) is 6.54 Å². The number of furan rings is 1. The molecule has 3 heterocycles. The third-order valence-corrected chi connectivity index (χ3v) is 5.88. The maximum absolute atomic E-state index is 14.0. The molecular weight excluding hydrogens is 366 g/mol. The first-order valence-corrected chi connectivity index (χ1v) is 9.58. The van der Waals surface area contributed by atoms with Crippen molar-refractivity contribution in [1.82, 2.24) is 9.80 Å². The molecule has 5 nitrogen and oxygen atoms in total. The largest absolute Gasteiger partial charge is 0.468 e. The molecule has 4 rings (SSSR count). The number of ether oxygens (including phenoxy) is 1. The average molecular weight is 390 g/mol. The van der Waals surface area contributed by atoms with Gasteiger partial charge in [0.25, 0.3) is 11.9 Å². The molecule has 0 bridgehead atoms. The van der Waals surface area contributed by atoms with Crippen molar-refractivity contribution < 1.29 is 22.7 Å². The predicted molar refractivity (Wildman–Crippen MR) is 99.1 cm³/mol. The van der Waals surface area contributed by atoms with Crippen LogP contribution in [0.1, 0.15) is 35.4 Å². The van der Waals surface area contributed by atoms with Crippen LogP contribution in [0.4, 0.5) is 8.78 Å². The van der Waals surface area contributed by atoms with Gasteiger partial charge in [-0.05, 0) is 37.9 Å². The lowest BCUT2D eigenvalue weighted by molar-refractivity contribution is 0.0644. The van der Waals surface area contributed by atoms with E-state index >= 15 is 0 Å². The van der Waals surface area contributed by atoms with Gasteiger partial charge < -0.3 is 14.1 Å². The molecule has 0 saturated carbocycles. The van der Waals surface area contributed by atoms with Gasteiger partial charge in [0.05, 0.1) is 7.11 Å². The number of likely N-dealkylation sites (tertiary alicyclic amines) is 2. The number of amides is 1. The lowest BCUT2D eigenvalue weighted by Crippen LogP contribution is -2.45. The van der Waals surface area contributed by atoms with Gasteiger partial charge >= 0.3 is 0 Å². The Morgan fingerprint density at radius 2 is 2.04 bits per heavy atom. The number of halogens is 2. The summed E-state index contributed by atoms with van der Waals surface area (Å²) >= 11 is 0. The fourth-order valence-electron chi connectivity index (χ4n) is 4.50. The van der Waals surface area contributed by atoms with Crippen LogP contribution in [0.25, 0.3) is 0 Å². The minimum Gasteiger partial charge on any atom is -0.468 e. The Morgan fingerprint density at radius 1 is 1.18 bits per heavy atom. The van der Waals surface area contributed by atoms with Crippen molar-refractivity contribution in [3.63, 3.8) is 0 Å². The zero-order valence-corrected chi connectivity index (χ0v) is 15.9. The van der Waals surface area contributed by atoms with E-state index in [-0.39, 0.29) is 17.1 Å². The van der Waals surface area contributed by atoms with Gasteiger partial charge in [-0.2, -0.15) is 0 Å². The van der Waals surface area contributed by atoms with Gasteiger partial charge in [0.15, 0.2) is 17.4 Å². The van der Waals surface area contributed by atoms with Crippen LogP contribution in [0.5, 0.6) is 5.95 Å². The number of piperidine rings is 1. The van der Waals surface area contributed by atoms with Gasteiger partial charge in [0.1, 0.15) is 0 Å². The fraction of sp³-hybridized carbons (Fsp3) is 0.476. The van der Waals surface area contributed by atoms with Crippen LogP contribution >= 0.6 is 0 Å². The quantitative estimate of drug-likeness (QED) is 0.799. The summed E-state index contributed by atoms with van der Waals surface area (Å²) in [6.45, 7) is 3.32. The SMILES string of the molecule is COc1ccc(C(=O)N2CC[C@]3(CCCN(Cc4cccc(F)c4F)C3)C2)o1. The van der Waals surface area contributed by atoms with Crippen LogP contribution in [0.3, 0.4) is 0 Å². The molecule has 0 aliphatic carbocycles. The highest BCUT2D eigenvalue weighted by Gasteiger charge is 2.43. The predicted octanol–water partition coefficient (Wildman–Crippen LogP) is 3.69. The van der Waals surface area contributed by atoms with Crippen LogP contribution in [-0.4, -0.2) is 49.0 Å². The Kier molecular flexibility index (Phi) is 5.10. The number of nitrogens with zero attached hydrogens (tertiary/aromatic N) is 2. The van der Waals surface area contributed by atoms with Crippen molar-refractivity contribution in [1.29, 1.82) is 0 Å². The summed E-state index contributed by atoms with van der Waals surface area (Å²) in [4.78, 5) is 16.7. The molecule has 150 valence electrons. The first-order chi connectivity index (χ1) is 13.5. The minimum atomic E-state index is -0.810. The van der Waals surface area contributed by atoms with E-state index in [1.54, 1.807) is 24.3 Å². The summed E-state index contributed by atoms with van der Waals surface area (Å²) in [6, 6.07) is 7.58. The smallest absolute Gasteiger partial charge is 0.289 e. The summed E-state index contributed by atoms with van der Waals surface area (Å²) in [5, 5.41) is 0. The monoisotopic (exact) mass is 390 g/mol. The number of hydrogen-bond acceptors (Lipinski definition) is 4. The summed E-state index contributed by atoms with van der Waals surface area (Å²) in [5.74, 6) is -1.11. The maximum Gasteiger partial charge on any atom is 0.289 e. The number of carbonyl (C=O) groups is 1. The molecule has 1 amide bonds. The lowest BCUT2D eigenvalue weighted by atomic mass is 9.79. The second-order valence-corrected chi connectivity index (χ2v) is 7.83. The number of hydrogen-bond donors (Lipinski definition) is 0. The van der Waals surface area contributed by atoms with Crippen molar-refractivity contribution in [3.05, 3.63) is 53.3 Å². The molecule has 0 unspecified atom stereocenters. The Hall–Kier alpha value is -2.41. The van der Waals surface area contributed by atoms with E-state index in [0.717, 1.165) is 38.4 Å². The Morgan fingerprint density at radius 3 is 2.82 bits per heavy atom. The second-order valence-electron chi connectivity index (χ2n) is 7.83. The van der Waals surface area contributed by atoms with E-state index in [1.807, 2.05) is 4.90 Å². The summed E-state index contributed by atoms with van der Waals surface area (Å²) in [5.41, 5.74) is 0.375. The first-order valence-electron chi connectivity index (χ1n) is 9.58. The standard InChI is InChI=1S/C21H24F2N2O3/c1-27-18-7-6-17(28-18)20(26)25-11-9-21(14-25)8-3-10-24(13-21)12-15-4-2-5-16(22)19(15)23/h2,4-7H,3,8-14H2,1H3/t21-/m0/s1. The molecule has 0 radical (unpaired) electrons. The molecule has 7 heteroatoms. The Bertz CT molecular complexity index is 869. The van der Waals surface area contributed by atoms with Gasteiger partial charge in [0.2, 0.25) is 0 Å². The highest BCUT2D eigenvalue weighted by atomic mass is 19.2. The van der Waals surface area contributed by atoms with Crippen LogP contribution in [0, 0.1) is 17.0 Å². The van der Waals surface area contributed by atoms with E-state index in [0.29, 0.717) is 31.1 Å².